The van der Waals surface area contributed by atoms with Crippen LogP contribution in [0.1, 0.15) is 52.4 Å². The number of halogens is 1. The van der Waals surface area contributed by atoms with Crippen LogP contribution in [0.5, 0.6) is 0 Å². The molecule has 132 valence electrons. The lowest BCUT2D eigenvalue weighted by Crippen LogP contribution is -2.44. The number of hydrogen-bond donors (Lipinski definition) is 2. The van der Waals surface area contributed by atoms with Gasteiger partial charge in [-0.25, -0.2) is 0 Å². The van der Waals surface area contributed by atoms with Crippen molar-refractivity contribution >= 4 is 29.9 Å². The maximum atomic E-state index is 4.36. The van der Waals surface area contributed by atoms with Crippen molar-refractivity contribution in [1.29, 1.82) is 0 Å². The van der Waals surface area contributed by atoms with E-state index >= 15 is 0 Å². The summed E-state index contributed by atoms with van der Waals surface area (Å²) < 4.78 is 0. The summed E-state index contributed by atoms with van der Waals surface area (Å²) in [5.41, 5.74) is 0. The van der Waals surface area contributed by atoms with Crippen LogP contribution in [-0.4, -0.2) is 51.1 Å². The van der Waals surface area contributed by atoms with Crippen molar-refractivity contribution in [2.24, 2.45) is 16.8 Å². The van der Waals surface area contributed by atoms with Crippen molar-refractivity contribution in [3.8, 4) is 0 Å². The van der Waals surface area contributed by atoms with Gasteiger partial charge in [0.2, 0.25) is 0 Å². The molecule has 5 heteroatoms. The third kappa shape index (κ3) is 9.18. The van der Waals surface area contributed by atoms with Crippen LogP contribution in [0.15, 0.2) is 4.99 Å². The largest absolute Gasteiger partial charge is 0.356 e. The van der Waals surface area contributed by atoms with Gasteiger partial charge in [-0.05, 0) is 44.7 Å². The van der Waals surface area contributed by atoms with Crippen LogP contribution in [0, 0.1) is 11.8 Å². The number of likely N-dealkylation sites (tertiary alicyclic amines) is 1. The third-order valence-corrected chi connectivity index (χ3v) is 4.61. The Hall–Kier alpha value is -0.0400. The van der Waals surface area contributed by atoms with Crippen LogP contribution in [0.4, 0.5) is 0 Å². The fourth-order valence-electron chi connectivity index (χ4n) is 3.09. The first-order chi connectivity index (χ1) is 10.2. The Morgan fingerprint density at radius 2 is 2.09 bits per heavy atom. The van der Waals surface area contributed by atoms with E-state index in [1.165, 1.54) is 51.6 Å². The fourth-order valence-corrected chi connectivity index (χ4v) is 3.09. The molecular weight excluding hydrogens is 387 g/mol. The Morgan fingerprint density at radius 1 is 1.32 bits per heavy atom. The second-order valence-electron chi connectivity index (χ2n) is 6.52. The molecule has 1 aliphatic heterocycles. The molecule has 0 radical (unpaired) electrons. The van der Waals surface area contributed by atoms with E-state index < -0.39 is 0 Å². The molecule has 2 unspecified atom stereocenters. The summed E-state index contributed by atoms with van der Waals surface area (Å²) in [6.45, 7) is 9.09. The van der Waals surface area contributed by atoms with Crippen molar-refractivity contribution < 1.29 is 0 Å². The van der Waals surface area contributed by atoms with Crippen LogP contribution in [0.2, 0.25) is 0 Å². The predicted octanol–water partition coefficient (Wildman–Crippen LogP) is 3.33. The monoisotopic (exact) mass is 424 g/mol. The minimum absolute atomic E-state index is 0. The molecule has 1 fully saturated rings. The minimum Gasteiger partial charge on any atom is -0.356 e. The highest BCUT2D eigenvalue weighted by Gasteiger charge is 2.17. The molecule has 0 aromatic rings. The SMILES string of the molecule is CCCCC(CC)CNC(=NC)NCC1CCCN(C)C1.I. The van der Waals surface area contributed by atoms with E-state index in [2.05, 4.69) is 41.4 Å². The van der Waals surface area contributed by atoms with Gasteiger partial charge in [-0.1, -0.05) is 33.1 Å². The van der Waals surface area contributed by atoms with E-state index in [1.807, 2.05) is 7.05 Å². The van der Waals surface area contributed by atoms with Crippen molar-refractivity contribution in [1.82, 2.24) is 15.5 Å². The zero-order valence-corrected chi connectivity index (χ0v) is 17.4. The molecule has 1 saturated heterocycles. The van der Waals surface area contributed by atoms with Crippen LogP contribution in [-0.2, 0) is 0 Å². The van der Waals surface area contributed by atoms with Gasteiger partial charge in [0, 0.05) is 26.7 Å². The first-order valence-electron chi connectivity index (χ1n) is 8.82. The molecule has 1 heterocycles. The number of hydrogen-bond acceptors (Lipinski definition) is 2. The topological polar surface area (TPSA) is 39.7 Å². The van der Waals surface area contributed by atoms with E-state index in [-0.39, 0.29) is 24.0 Å². The molecule has 1 rings (SSSR count). The summed E-state index contributed by atoms with van der Waals surface area (Å²) in [5.74, 6) is 2.49. The van der Waals surface area contributed by atoms with Crippen molar-refractivity contribution in [2.75, 3.05) is 40.3 Å². The molecule has 2 N–H and O–H groups in total. The zero-order valence-electron chi connectivity index (χ0n) is 15.0. The highest BCUT2D eigenvalue weighted by atomic mass is 127. The molecule has 0 aromatic heterocycles. The van der Waals surface area contributed by atoms with Crippen LogP contribution >= 0.6 is 24.0 Å². The lowest BCUT2D eigenvalue weighted by molar-refractivity contribution is 0.210. The standard InChI is InChI=1S/C17H36N4.HI/c1-5-7-9-15(6-2)12-19-17(18-3)20-13-16-10-8-11-21(4)14-16;/h15-16H,5-14H2,1-4H3,(H2,18,19,20);1H. The Kier molecular flexibility index (Phi) is 13.4. The molecule has 0 spiro atoms. The highest BCUT2D eigenvalue weighted by Crippen LogP contribution is 2.14. The number of nitrogens with zero attached hydrogens (tertiary/aromatic N) is 2. The van der Waals surface area contributed by atoms with E-state index in [4.69, 9.17) is 0 Å². The summed E-state index contributed by atoms with van der Waals surface area (Å²) in [6, 6.07) is 0. The van der Waals surface area contributed by atoms with Gasteiger partial charge in [-0.15, -0.1) is 24.0 Å². The summed E-state index contributed by atoms with van der Waals surface area (Å²) in [5, 5.41) is 7.01. The number of rotatable bonds is 8. The number of aliphatic imine (C=N–C) groups is 1. The first kappa shape index (κ1) is 22.0. The number of nitrogens with one attached hydrogen (secondary N) is 2. The maximum Gasteiger partial charge on any atom is 0.190 e. The third-order valence-electron chi connectivity index (χ3n) is 4.61. The molecule has 0 aromatic carbocycles. The van der Waals surface area contributed by atoms with Crippen molar-refractivity contribution in [3.05, 3.63) is 0 Å². The number of guanidine groups is 1. The molecule has 1 aliphatic rings. The second-order valence-corrected chi connectivity index (χ2v) is 6.52. The molecule has 0 aliphatic carbocycles. The Balaban J connectivity index is 0.00000441. The van der Waals surface area contributed by atoms with Gasteiger partial charge in [0.15, 0.2) is 5.96 Å². The van der Waals surface area contributed by atoms with E-state index in [0.29, 0.717) is 0 Å². The average molecular weight is 424 g/mol. The maximum absolute atomic E-state index is 4.36. The smallest absolute Gasteiger partial charge is 0.190 e. The molecule has 0 bridgehead atoms. The number of unbranched alkanes of at least 4 members (excludes halogenated alkanes) is 1. The lowest BCUT2D eigenvalue weighted by atomic mass is 9.98. The predicted molar refractivity (Wildman–Crippen MR) is 108 cm³/mol. The minimum atomic E-state index is 0. The van der Waals surface area contributed by atoms with Gasteiger partial charge in [0.1, 0.15) is 0 Å². The molecule has 0 amide bonds. The highest BCUT2D eigenvalue weighted by molar-refractivity contribution is 14.0. The van der Waals surface area contributed by atoms with Crippen molar-refractivity contribution in [3.63, 3.8) is 0 Å². The Morgan fingerprint density at radius 3 is 2.68 bits per heavy atom. The zero-order chi connectivity index (χ0) is 15.5. The molecule has 2 atom stereocenters. The summed E-state index contributed by atoms with van der Waals surface area (Å²) in [4.78, 5) is 6.79. The first-order valence-corrected chi connectivity index (χ1v) is 8.82. The van der Waals surface area contributed by atoms with E-state index in [1.54, 1.807) is 0 Å². The molecular formula is C17H37IN4. The van der Waals surface area contributed by atoms with Crippen LogP contribution in [0.3, 0.4) is 0 Å². The summed E-state index contributed by atoms with van der Waals surface area (Å²) in [6.07, 6.45) is 7.85. The lowest BCUT2D eigenvalue weighted by Gasteiger charge is -2.30. The van der Waals surface area contributed by atoms with E-state index in [0.717, 1.165) is 30.9 Å². The van der Waals surface area contributed by atoms with Gasteiger partial charge in [-0.3, -0.25) is 4.99 Å². The Bertz CT molecular complexity index is 296. The van der Waals surface area contributed by atoms with Gasteiger partial charge >= 0.3 is 0 Å². The molecule has 22 heavy (non-hydrogen) atoms. The quantitative estimate of drug-likeness (QED) is 0.357. The van der Waals surface area contributed by atoms with Crippen LogP contribution in [0.25, 0.3) is 0 Å². The van der Waals surface area contributed by atoms with Crippen molar-refractivity contribution in [2.45, 2.75) is 52.4 Å². The average Bonchev–Trinajstić information content (AvgIpc) is 2.50. The van der Waals surface area contributed by atoms with Gasteiger partial charge in [-0.2, -0.15) is 0 Å². The summed E-state index contributed by atoms with van der Waals surface area (Å²) >= 11 is 0. The van der Waals surface area contributed by atoms with Gasteiger partial charge in [0.25, 0.3) is 0 Å². The van der Waals surface area contributed by atoms with Gasteiger partial charge < -0.3 is 15.5 Å². The second kappa shape index (κ2) is 13.4. The normalized spacial score (nSPS) is 21.1. The van der Waals surface area contributed by atoms with E-state index in [9.17, 15) is 0 Å². The fraction of sp³-hybridized carbons (Fsp3) is 0.941. The van der Waals surface area contributed by atoms with Gasteiger partial charge in [0.05, 0.1) is 0 Å². The van der Waals surface area contributed by atoms with Crippen LogP contribution < -0.4 is 10.6 Å². The molecule has 4 nitrogen and oxygen atoms in total. The molecule has 0 saturated carbocycles. The Labute approximate surface area is 154 Å². The summed E-state index contributed by atoms with van der Waals surface area (Å²) in [7, 11) is 4.09. The number of piperidine rings is 1.